The Morgan fingerprint density at radius 2 is 2.06 bits per heavy atom. The molecule has 0 bridgehead atoms. The number of hydrogen-bond donors (Lipinski definition) is 2. The van der Waals surface area contributed by atoms with Gasteiger partial charge in [0.2, 0.25) is 11.8 Å². The highest BCUT2D eigenvalue weighted by Gasteiger charge is 2.44. The Labute approximate surface area is 186 Å². The summed E-state index contributed by atoms with van der Waals surface area (Å²) in [6.07, 6.45) is 1.12. The van der Waals surface area contributed by atoms with Crippen LogP contribution in [-0.2, 0) is 16.2 Å². The van der Waals surface area contributed by atoms with Crippen LogP contribution in [0, 0.1) is 5.41 Å². The number of aliphatic hydroxyl groups excluding tert-OH is 1. The maximum Gasteiger partial charge on any atom is 0.248 e. The number of ether oxygens (including phenoxy) is 1. The molecule has 0 aliphatic carbocycles. The third kappa shape index (κ3) is 5.16. The van der Waals surface area contributed by atoms with Gasteiger partial charge in [0, 0.05) is 20.0 Å². The van der Waals surface area contributed by atoms with Crippen LogP contribution in [0.3, 0.4) is 0 Å². The van der Waals surface area contributed by atoms with E-state index in [9.17, 15) is 14.7 Å². The minimum atomic E-state index is -0.748. The van der Waals surface area contributed by atoms with E-state index < -0.39 is 23.6 Å². The molecule has 0 spiro atoms. The summed E-state index contributed by atoms with van der Waals surface area (Å²) >= 11 is 6.11. The van der Waals surface area contributed by atoms with Crippen molar-refractivity contribution in [1.82, 2.24) is 25.2 Å². The van der Waals surface area contributed by atoms with Gasteiger partial charge < -0.3 is 20.1 Å². The molecular formula is C21H28ClN5O4. The molecule has 1 aromatic carbocycles. The average Bonchev–Trinajstić information content (AvgIpc) is 3.32. The second kappa shape index (κ2) is 9.23. The van der Waals surface area contributed by atoms with Gasteiger partial charge in [-0.2, -0.15) is 0 Å². The van der Waals surface area contributed by atoms with Crippen LogP contribution >= 0.6 is 11.6 Å². The van der Waals surface area contributed by atoms with Crippen molar-refractivity contribution in [3.05, 3.63) is 41.2 Å². The summed E-state index contributed by atoms with van der Waals surface area (Å²) in [7, 11) is 1.51. The number of halogens is 1. The van der Waals surface area contributed by atoms with Crippen molar-refractivity contribution in [3.63, 3.8) is 0 Å². The first-order chi connectivity index (χ1) is 14.6. The number of carbonyl (C=O) groups is 2. The van der Waals surface area contributed by atoms with Gasteiger partial charge in [-0.25, -0.2) is 4.68 Å². The zero-order chi connectivity index (χ0) is 22.8. The second-order valence-electron chi connectivity index (χ2n) is 8.69. The fourth-order valence-corrected chi connectivity index (χ4v) is 3.92. The summed E-state index contributed by atoms with van der Waals surface area (Å²) in [5.74, 6) is -0.0623. The highest BCUT2D eigenvalue weighted by molar-refractivity contribution is 6.32. The number of β-amino-alcohol motifs (C(OH)–C–C–N with tert-alkyl or cyclic N) is 1. The first-order valence-electron chi connectivity index (χ1n) is 10.1. The molecule has 2 N–H and O–H groups in total. The first-order valence-corrected chi connectivity index (χ1v) is 10.5. The molecule has 10 heteroatoms. The maximum atomic E-state index is 13.5. The lowest BCUT2D eigenvalue weighted by molar-refractivity contribution is -0.144. The molecule has 3 atom stereocenters. The van der Waals surface area contributed by atoms with Crippen LogP contribution in [0.5, 0.6) is 5.75 Å². The predicted molar refractivity (Wildman–Crippen MR) is 114 cm³/mol. The van der Waals surface area contributed by atoms with Crippen molar-refractivity contribution >= 4 is 23.4 Å². The smallest absolute Gasteiger partial charge is 0.248 e. The van der Waals surface area contributed by atoms with E-state index in [4.69, 9.17) is 16.3 Å². The lowest BCUT2D eigenvalue weighted by Gasteiger charge is -2.34. The maximum absolute atomic E-state index is 13.5. The second-order valence-corrected chi connectivity index (χ2v) is 9.09. The molecule has 1 fully saturated rings. The molecule has 1 aromatic heterocycles. The largest absolute Gasteiger partial charge is 0.486 e. The summed E-state index contributed by atoms with van der Waals surface area (Å²) in [6, 6.07) is 5.68. The summed E-state index contributed by atoms with van der Waals surface area (Å²) < 4.78 is 7.21. The minimum Gasteiger partial charge on any atom is -0.486 e. The number of hydrogen-bond acceptors (Lipinski definition) is 6. The Morgan fingerprint density at radius 3 is 2.71 bits per heavy atom. The normalized spacial score (nSPS) is 19.9. The number of likely N-dealkylation sites (N-methyl/N-ethyl adjacent to an activating group) is 1. The lowest BCUT2D eigenvalue weighted by Crippen LogP contribution is -2.49. The van der Waals surface area contributed by atoms with Crippen molar-refractivity contribution in [3.8, 4) is 5.75 Å². The number of aliphatic hydroxyl groups is 1. The van der Waals surface area contributed by atoms with Gasteiger partial charge in [0.05, 0.1) is 17.3 Å². The number of benzene rings is 1. The number of likely N-dealkylation sites (tertiary alicyclic amines) is 1. The summed E-state index contributed by atoms with van der Waals surface area (Å²) in [4.78, 5) is 27.2. The van der Waals surface area contributed by atoms with Crippen molar-refractivity contribution in [2.24, 2.45) is 5.41 Å². The quantitative estimate of drug-likeness (QED) is 0.696. The van der Waals surface area contributed by atoms with Gasteiger partial charge in [-0.05, 0) is 17.5 Å². The van der Waals surface area contributed by atoms with E-state index in [2.05, 4.69) is 15.6 Å². The summed E-state index contributed by atoms with van der Waals surface area (Å²) in [5.41, 5.74) is 0.0122. The van der Waals surface area contributed by atoms with Crippen LogP contribution in [-0.4, -0.2) is 62.6 Å². The minimum absolute atomic E-state index is 0.0979. The first kappa shape index (κ1) is 23.0. The molecule has 9 nitrogen and oxygen atoms in total. The van der Waals surface area contributed by atoms with Gasteiger partial charge in [0.15, 0.2) is 0 Å². The molecule has 1 aliphatic rings. The van der Waals surface area contributed by atoms with Crippen LogP contribution in [0.1, 0.15) is 38.9 Å². The number of para-hydroxylation sites is 1. The molecule has 2 aromatic rings. The van der Waals surface area contributed by atoms with Crippen molar-refractivity contribution < 1.29 is 19.4 Å². The highest BCUT2D eigenvalue weighted by Crippen LogP contribution is 2.34. The van der Waals surface area contributed by atoms with E-state index >= 15 is 0 Å². The number of nitrogens with one attached hydrogen (secondary N) is 1. The number of aromatic nitrogens is 3. The van der Waals surface area contributed by atoms with Crippen molar-refractivity contribution in [1.29, 1.82) is 0 Å². The van der Waals surface area contributed by atoms with Crippen LogP contribution in [0.2, 0.25) is 5.02 Å². The summed E-state index contributed by atoms with van der Waals surface area (Å²) in [6.45, 7) is 5.98. The van der Waals surface area contributed by atoms with Gasteiger partial charge in [-0.1, -0.05) is 49.7 Å². The van der Waals surface area contributed by atoms with Gasteiger partial charge in [0.1, 0.15) is 30.1 Å². The molecule has 168 valence electrons. The van der Waals surface area contributed by atoms with E-state index in [-0.39, 0.29) is 31.4 Å². The van der Waals surface area contributed by atoms with Gasteiger partial charge in [-0.3, -0.25) is 9.59 Å². The van der Waals surface area contributed by atoms with Gasteiger partial charge in [0.25, 0.3) is 0 Å². The Morgan fingerprint density at radius 1 is 1.35 bits per heavy atom. The molecule has 0 saturated carbocycles. The van der Waals surface area contributed by atoms with Gasteiger partial charge >= 0.3 is 0 Å². The van der Waals surface area contributed by atoms with Crippen molar-refractivity contribution in [2.45, 2.75) is 52.0 Å². The molecule has 0 unspecified atom stereocenters. The van der Waals surface area contributed by atoms with E-state index in [1.807, 2.05) is 32.9 Å². The Bertz CT molecular complexity index is 942. The van der Waals surface area contributed by atoms with Crippen LogP contribution in [0.15, 0.2) is 30.5 Å². The van der Waals surface area contributed by atoms with Gasteiger partial charge in [-0.15, -0.1) is 5.10 Å². The number of carbonyl (C=O) groups excluding carboxylic acids is 2. The molecule has 2 heterocycles. The number of rotatable bonds is 6. The van der Waals surface area contributed by atoms with Crippen LogP contribution < -0.4 is 10.1 Å². The van der Waals surface area contributed by atoms with E-state index in [0.717, 1.165) is 0 Å². The topological polar surface area (TPSA) is 110 Å². The Kier molecular flexibility index (Phi) is 6.86. The van der Waals surface area contributed by atoms with E-state index in [1.165, 1.54) is 16.6 Å². The van der Waals surface area contributed by atoms with Crippen LogP contribution in [0.25, 0.3) is 0 Å². The lowest BCUT2D eigenvalue weighted by atomic mass is 9.85. The number of nitrogens with zero attached hydrogens (tertiary/aromatic N) is 4. The van der Waals surface area contributed by atoms with Crippen molar-refractivity contribution in [2.75, 3.05) is 13.6 Å². The monoisotopic (exact) mass is 449 g/mol. The SMILES string of the molecule is CNC(=O)[C@@H]1C[C@@H](O)CN1C(=O)[C@@H](n1cc(COc2ccccc2Cl)nn1)C(C)(C)C. The molecule has 2 amide bonds. The average molecular weight is 450 g/mol. The zero-order valence-corrected chi connectivity index (χ0v) is 18.8. The highest BCUT2D eigenvalue weighted by atomic mass is 35.5. The predicted octanol–water partition coefficient (Wildman–Crippen LogP) is 1.81. The van der Waals surface area contributed by atoms with E-state index in [1.54, 1.807) is 18.3 Å². The summed E-state index contributed by atoms with van der Waals surface area (Å²) in [5, 5.41) is 21.4. The number of amides is 2. The molecule has 31 heavy (non-hydrogen) atoms. The third-order valence-corrected chi connectivity index (χ3v) is 5.51. The molecule has 3 rings (SSSR count). The molecule has 1 saturated heterocycles. The molecule has 0 radical (unpaired) electrons. The Hall–Kier alpha value is -2.65. The van der Waals surface area contributed by atoms with Crippen LogP contribution in [0.4, 0.5) is 0 Å². The standard InChI is InChI=1S/C21H28ClN5O4/c1-21(2,3)18(20(30)26-11-14(28)9-16(26)19(29)23-4)27-10-13(24-25-27)12-31-17-8-6-5-7-15(17)22/h5-8,10,14,16,18,28H,9,11-12H2,1-4H3,(H,23,29)/t14-,16+,18-/m1/s1. The Balaban J connectivity index is 1.81. The fraction of sp³-hybridized carbons (Fsp3) is 0.524. The molecule has 1 aliphatic heterocycles. The zero-order valence-electron chi connectivity index (χ0n) is 18.1. The fourth-order valence-electron chi connectivity index (χ4n) is 3.73. The molecular weight excluding hydrogens is 422 g/mol. The van der Waals surface area contributed by atoms with E-state index in [0.29, 0.717) is 16.5 Å². The third-order valence-electron chi connectivity index (χ3n) is 5.20.